The Morgan fingerprint density at radius 3 is 1.88 bits per heavy atom. The van der Waals surface area contributed by atoms with Crippen molar-refractivity contribution in [3.8, 4) is 0 Å². The minimum absolute atomic E-state index is 0.0531. The van der Waals surface area contributed by atoms with E-state index in [1.807, 2.05) is 25.7 Å². The summed E-state index contributed by atoms with van der Waals surface area (Å²) in [5, 5.41) is 2.52. The van der Waals surface area contributed by atoms with Gasteiger partial charge in [0.15, 0.2) is 0 Å². The Morgan fingerprint density at radius 2 is 1.42 bits per heavy atom. The molecule has 1 amide bonds. The fourth-order valence-corrected chi connectivity index (χ4v) is 9.54. The normalized spacial score (nSPS) is 19.9. The Bertz CT molecular complexity index is 863. The number of carbonyl (C=O) groups excluding carboxylic acids is 1. The standard InChI is InChI=1S/C28H41NO3Si/c1-22-18-19-23(20-29(22)26(30)32-27(2,3)4)21-31-33(28(5,6)7,24-14-10-8-11-15-24)25-16-12-9-13-17-25/h8-17,22-23H,18-21H2,1-7H3/t22-,23+/m1/s1. The second-order valence-corrected chi connectivity index (χ2v) is 15.7. The number of hydrogen-bond donors (Lipinski definition) is 0. The van der Waals surface area contributed by atoms with E-state index in [0.29, 0.717) is 13.2 Å². The molecule has 0 radical (unpaired) electrons. The van der Waals surface area contributed by atoms with E-state index in [1.54, 1.807) is 0 Å². The lowest BCUT2D eigenvalue weighted by Gasteiger charge is -2.45. The molecule has 0 N–H and O–H groups in total. The first kappa shape index (κ1) is 25.5. The fraction of sp³-hybridized carbons (Fsp3) is 0.536. The Hall–Kier alpha value is -2.11. The van der Waals surface area contributed by atoms with Gasteiger partial charge in [0.2, 0.25) is 0 Å². The van der Waals surface area contributed by atoms with E-state index in [9.17, 15) is 4.79 Å². The third-order valence-electron chi connectivity index (χ3n) is 6.56. The lowest BCUT2D eigenvalue weighted by atomic mass is 9.94. The van der Waals surface area contributed by atoms with Gasteiger partial charge in [-0.25, -0.2) is 4.79 Å². The highest BCUT2D eigenvalue weighted by molar-refractivity contribution is 6.99. The molecule has 1 aliphatic rings. The van der Waals surface area contributed by atoms with Gasteiger partial charge in [-0.3, -0.25) is 0 Å². The predicted octanol–water partition coefficient (Wildman–Crippen LogP) is 5.60. The molecule has 0 spiro atoms. The summed E-state index contributed by atoms with van der Waals surface area (Å²) in [6.07, 6.45) is 1.80. The SMILES string of the molecule is C[C@@H]1CC[C@H](CO[Si](c2ccccc2)(c2ccccc2)C(C)(C)C)CN1C(=O)OC(C)(C)C. The molecule has 1 aliphatic heterocycles. The van der Waals surface area contributed by atoms with Gasteiger partial charge in [-0.2, -0.15) is 0 Å². The average Bonchev–Trinajstić information content (AvgIpc) is 2.74. The van der Waals surface area contributed by atoms with Gasteiger partial charge in [0, 0.05) is 19.2 Å². The van der Waals surface area contributed by atoms with Gasteiger partial charge in [0.1, 0.15) is 5.60 Å². The van der Waals surface area contributed by atoms with E-state index in [0.717, 1.165) is 12.8 Å². The number of rotatable bonds is 5. The molecule has 4 nitrogen and oxygen atoms in total. The summed E-state index contributed by atoms with van der Waals surface area (Å²) in [4.78, 5) is 14.7. The second kappa shape index (κ2) is 10.0. The predicted molar refractivity (Wildman–Crippen MR) is 139 cm³/mol. The lowest BCUT2D eigenvalue weighted by Crippen LogP contribution is -2.67. The van der Waals surface area contributed by atoms with E-state index in [4.69, 9.17) is 9.16 Å². The molecule has 0 unspecified atom stereocenters. The van der Waals surface area contributed by atoms with Crippen molar-refractivity contribution in [1.82, 2.24) is 4.90 Å². The third-order valence-corrected chi connectivity index (χ3v) is 11.6. The molecule has 1 saturated heterocycles. The van der Waals surface area contributed by atoms with Crippen molar-refractivity contribution in [3.63, 3.8) is 0 Å². The van der Waals surface area contributed by atoms with Crippen molar-refractivity contribution in [1.29, 1.82) is 0 Å². The highest BCUT2D eigenvalue weighted by atomic mass is 28.4. The first-order valence-electron chi connectivity index (χ1n) is 12.2. The van der Waals surface area contributed by atoms with Crippen LogP contribution in [0.3, 0.4) is 0 Å². The van der Waals surface area contributed by atoms with E-state index in [-0.39, 0.29) is 23.1 Å². The maximum Gasteiger partial charge on any atom is 0.410 e. The zero-order chi connectivity index (χ0) is 24.3. The number of likely N-dealkylation sites (tertiary alicyclic amines) is 1. The Morgan fingerprint density at radius 1 is 0.909 bits per heavy atom. The summed E-state index contributed by atoms with van der Waals surface area (Å²) >= 11 is 0. The van der Waals surface area contributed by atoms with Gasteiger partial charge in [-0.05, 0) is 61.9 Å². The number of benzene rings is 2. The minimum atomic E-state index is -2.57. The monoisotopic (exact) mass is 467 g/mol. The van der Waals surface area contributed by atoms with Gasteiger partial charge in [-0.15, -0.1) is 0 Å². The highest BCUT2D eigenvalue weighted by Gasteiger charge is 2.50. The number of carbonyl (C=O) groups is 1. The van der Waals surface area contributed by atoms with Gasteiger partial charge in [0.25, 0.3) is 8.32 Å². The van der Waals surface area contributed by atoms with Crippen LogP contribution in [0.2, 0.25) is 5.04 Å². The second-order valence-electron chi connectivity index (χ2n) is 11.4. The molecule has 180 valence electrons. The summed E-state index contributed by atoms with van der Waals surface area (Å²) < 4.78 is 12.8. The van der Waals surface area contributed by atoms with Crippen LogP contribution < -0.4 is 10.4 Å². The van der Waals surface area contributed by atoms with Gasteiger partial charge in [-0.1, -0.05) is 81.4 Å². The van der Waals surface area contributed by atoms with Crippen LogP contribution in [0.5, 0.6) is 0 Å². The maximum atomic E-state index is 12.8. The quantitative estimate of drug-likeness (QED) is 0.537. The lowest BCUT2D eigenvalue weighted by molar-refractivity contribution is 0.00173. The van der Waals surface area contributed by atoms with Crippen molar-refractivity contribution in [2.75, 3.05) is 13.2 Å². The molecule has 1 fully saturated rings. The van der Waals surface area contributed by atoms with E-state index in [2.05, 4.69) is 88.4 Å². The minimum Gasteiger partial charge on any atom is -0.444 e. The zero-order valence-corrected chi connectivity index (χ0v) is 22.4. The molecule has 2 aromatic carbocycles. The Kier molecular flexibility index (Phi) is 7.75. The molecule has 0 aromatic heterocycles. The Labute approximate surface area is 201 Å². The largest absolute Gasteiger partial charge is 0.444 e. The van der Waals surface area contributed by atoms with Crippen LogP contribution in [-0.4, -0.2) is 44.1 Å². The average molecular weight is 468 g/mol. The van der Waals surface area contributed by atoms with Gasteiger partial charge < -0.3 is 14.1 Å². The van der Waals surface area contributed by atoms with E-state index in [1.165, 1.54) is 10.4 Å². The molecule has 0 aliphatic carbocycles. The number of hydrogen-bond acceptors (Lipinski definition) is 3. The Balaban J connectivity index is 1.88. The molecule has 5 heteroatoms. The zero-order valence-electron chi connectivity index (χ0n) is 21.4. The molecule has 33 heavy (non-hydrogen) atoms. The molecule has 1 heterocycles. The molecule has 0 saturated carbocycles. The van der Waals surface area contributed by atoms with Crippen LogP contribution >= 0.6 is 0 Å². The van der Waals surface area contributed by atoms with Crippen LogP contribution in [0.15, 0.2) is 60.7 Å². The first-order chi connectivity index (χ1) is 15.4. The summed E-state index contributed by atoms with van der Waals surface area (Å²) in [6.45, 7) is 16.1. The first-order valence-corrected chi connectivity index (χ1v) is 14.1. The number of ether oxygens (including phenoxy) is 1. The fourth-order valence-electron chi connectivity index (χ4n) is 4.90. The van der Waals surface area contributed by atoms with Crippen molar-refractivity contribution in [2.45, 2.75) is 78.0 Å². The topological polar surface area (TPSA) is 38.8 Å². The summed E-state index contributed by atoms with van der Waals surface area (Å²) in [5.41, 5.74) is -0.491. The summed E-state index contributed by atoms with van der Waals surface area (Å²) in [7, 11) is -2.57. The van der Waals surface area contributed by atoms with Crippen LogP contribution in [0.1, 0.15) is 61.3 Å². The van der Waals surface area contributed by atoms with Crippen LogP contribution in [0.25, 0.3) is 0 Å². The number of nitrogens with zero attached hydrogens (tertiary/aromatic N) is 1. The molecular weight excluding hydrogens is 426 g/mol. The van der Waals surface area contributed by atoms with Crippen molar-refractivity contribution < 1.29 is 14.0 Å². The van der Waals surface area contributed by atoms with Crippen molar-refractivity contribution >= 4 is 24.8 Å². The molecule has 2 atom stereocenters. The van der Waals surface area contributed by atoms with Crippen molar-refractivity contribution in [3.05, 3.63) is 60.7 Å². The molecule has 3 rings (SSSR count). The number of amides is 1. The third kappa shape index (κ3) is 5.88. The molecule has 2 aromatic rings. The maximum absolute atomic E-state index is 12.8. The van der Waals surface area contributed by atoms with Crippen LogP contribution in [0.4, 0.5) is 4.79 Å². The van der Waals surface area contributed by atoms with Crippen LogP contribution in [-0.2, 0) is 9.16 Å². The number of piperidine rings is 1. The van der Waals surface area contributed by atoms with Crippen molar-refractivity contribution in [2.24, 2.45) is 5.92 Å². The molecule has 0 bridgehead atoms. The van der Waals surface area contributed by atoms with Gasteiger partial charge in [0.05, 0.1) is 0 Å². The van der Waals surface area contributed by atoms with E-state index < -0.39 is 13.9 Å². The highest BCUT2D eigenvalue weighted by Crippen LogP contribution is 2.37. The summed E-state index contributed by atoms with van der Waals surface area (Å²) in [5.74, 6) is 0.287. The molecular formula is C28H41NO3Si. The summed E-state index contributed by atoms with van der Waals surface area (Å²) in [6, 6.07) is 21.7. The smallest absolute Gasteiger partial charge is 0.410 e. The van der Waals surface area contributed by atoms with Gasteiger partial charge >= 0.3 is 6.09 Å². The van der Waals surface area contributed by atoms with E-state index >= 15 is 0 Å². The van der Waals surface area contributed by atoms with Crippen LogP contribution in [0, 0.1) is 5.92 Å².